The van der Waals surface area contributed by atoms with E-state index in [1.165, 1.54) is 6.07 Å². The molecule has 134 valence electrons. The number of nitrogens with two attached hydrogens (primary N) is 1. The summed E-state index contributed by atoms with van der Waals surface area (Å²) in [5.41, 5.74) is 5.30. The number of alkyl halides is 1. The maximum atomic E-state index is 15.0. The van der Waals surface area contributed by atoms with Crippen molar-refractivity contribution in [3.05, 3.63) is 59.5 Å². The predicted molar refractivity (Wildman–Crippen MR) is 94.4 cm³/mol. The van der Waals surface area contributed by atoms with Gasteiger partial charge in [0.15, 0.2) is 0 Å². The molecule has 1 aliphatic heterocycles. The summed E-state index contributed by atoms with van der Waals surface area (Å²) >= 11 is 0. The minimum atomic E-state index is -1.41. The van der Waals surface area contributed by atoms with Gasteiger partial charge in [-0.05, 0) is 49.2 Å². The lowest BCUT2D eigenvalue weighted by Gasteiger charge is -2.30. The zero-order valence-electron chi connectivity index (χ0n) is 14.0. The average molecular weight is 356 g/mol. The number of hydrogen-bond acceptors (Lipinski definition) is 3. The number of piperidine rings is 1. The second-order valence-corrected chi connectivity index (χ2v) is 6.56. The molecular weight excluding hydrogens is 338 g/mol. The van der Waals surface area contributed by atoms with Crippen molar-refractivity contribution in [1.29, 1.82) is 0 Å². The Hall–Kier alpha value is -2.80. The molecule has 1 atom stereocenters. The van der Waals surface area contributed by atoms with E-state index < -0.39 is 17.5 Å². The smallest absolute Gasteiger partial charge is 0.250 e. The predicted octanol–water partition coefficient (Wildman–Crippen LogP) is 2.81. The highest BCUT2D eigenvalue weighted by Crippen LogP contribution is 2.33. The monoisotopic (exact) mass is 356 g/mol. The summed E-state index contributed by atoms with van der Waals surface area (Å²) in [6, 6.07) is 11.2. The van der Waals surface area contributed by atoms with Crippen LogP contribution < -0.4 is 11.1 Å². The highest BCUT2D eigenvalue weighted by molar-refractivity contribution is 6.04. The van der Waals surface area contributed by atoms with E-state index in [-0.39, 0.29) is 23.0 Å². The number of hydrogen-bond donors (Lipinski definition) is 2. The van der Waals surface area contributed by atoms with Gasteiger partial charge >= 0.3 is 0 Å². The zero-order valence-corrected chi connectivity index (χ0v) is 14.0. The molecule has 26 heavy (non-hydrogen) atoms. The first-order chi connectivity index (χ1) is 12.5. The maximum absolute atomic E-state index is 15.0. The van der Waals surface area contributed by atoms with Crippen molar-refractivity contribution in [2.75, 3.05) is 13.1 Å². The number of nitrogens with zero attached hydrogens (tertiary/aromatic N) is 2. The molecular formula is C19H18F2N4O. The fraction of sp³-hybridized carbons (Fsp3) is 0.263. The van der Waals surface area contributed by atoms with Crippen LogP contribution in [-0.4, -0.2) is 28.8 Å². The SMILES string of the molecule is NC(=O)c1cccc2c(F)n(-c3ccc([C@]4(F)CCCNC4)cc3)nc12. The van der Waals surface area contributed by atoms with Crippen molar-refractivity contribution in [2.45, 2.75) is 18.5 Å². The quantitative estimate of drug-likeness (QED) is 0.758. The lowest BCUT2D eigenvalue weighted by Crippen LogP contribution is -2.40. The van der Waals surface area contributed by atoms with Gasteiger partial charge in [0.1, 0.15) is 11.2 Å². The van der Waals surface area contributed by atoms with Gasteiger partial charge in [-0.3, -0.25) is 4.79 Å². The number of carbonyl (C=O) groups excluding carboxylic acids is 1. The van der Waals surface area contributed by atoms with Crippen LogP contribution in [0.4, 0.5) is 8.78 Å². The Bertz CT molecular complexity index is 975. The fourth-order valence-corrected chi connectivity index (χ4v) is 3.46. The second kappa shape index (κ2) is 6.17. The van der Waals surface area contributed by atoms with Crippen molar-refractivity contribution in [2.24, 2.45) is 5.73 Å². The van der Waals surface area contributed by atoms with Crippen LogP contribution in [0.1, 0.15) is 28.8 Å². The Balaban J connectivity index is 1.75. The van der Waals surface area contributed by atoms with Crippen LogP contribution in [0.15, 0.2) is 42.5 Å². The minimum absolute atomic E-state index is 0.160. The number of rotatable bonds is 3. The van der Waals surface area contributed by atoms with Crippen molar-refractivity contribution in [3.8, 4) is 5.69 Å². The fourth-order valence-electron chi connectivity index (χ4n) is 3.46. The average Bonchev–Trinajstić information content (AvgIpc) is 2.99. The Morgan fingerprint density at radius 3 is 2.65 bits per heavy atom. The number of fused-ring (bicyclic) bond motifs is 1. The van der Waals surface area contributed by atoms with E-state index >= 15 is 4.39 Å². The molecule has 2 heterocycles. The first-order valence-corrected chi connectivity index (χ1v) is 8.47. The number of benzene rings is 2. The number of aromatic nitrogens is 2. The molecule has 0 bridgehead atoms. The van der Waals surface area contributed by atoms with E-state index in [2.05, 4.69) is 10.4 Å². The molecule has 1 amide bonds. The maximum Gasteiger partial charge on any atom is 0.250 e. The molecule has 0 radical (unpaired) electrons. The molecule has 1 aromatic heterocycles. The van der Waals surface area contributed by atoms with E-state index in [4.69, 9.17) is 5.73 Å². The Morgan fingerprint density at radius 1 is 1.23 bits per heavy atom. The molecule has 0 saturated carbocycles. The van der Waals surface area contributed by atoms with Crippen molar-refractivity contribution < 1.29 is 13.6 Å². The van der Waals surface area contributed by atoms with Crippen LogP contribution >= 0.6 is 0 Å². The Morgan fingerprint density at radius 2 is 2.00 bits per heavy atom. The largest absolute Gasteiger partial charge is 0.366 e. The van der Waals surface area contributed by atoms with Gasteiger partial charge in [0.05, 0.1) is 16.6 Å². The summed E-state index contributed by atoms with van der Waals surface area (Å²) in [5.74, 6) is -1.26. The summed E-state index contributed by atoms with van der Waals surface area (Å²) in [6.45, 7) is 1.09. The summed E-state index contributed by atoms with van der Waals surface area (Å²) in [4.78, 5) is 11.5. The van der Waals surface area contributed by atoms with Crippen molar-refractivity contribution in [1.82, 2.24) is 15.1 Å². The van der Waals surface area contributed by atoms with Gasteiger partial charge < -0.3 is 11.1 Å². The molecule has 1 saturated heterocycles. The lowest BCUT2D eigenvalue weighted by molar-refractivity contribution is 0.100. The van der Waals surface area contributed by atoms with Crippen molar-refractivity contribution in [3.63, 3.8) is 0 Å². The third-order valence-corrected chi connectivity index (χ3v) is 4.87. The van der Waals surface area contributed by atoms with Gasteiger partial charge in [-0.15, -0.1) is 0 Å². The molecule has 0 aliphatic carbocycles. The molecule has 3 N–H and O–H groups in total. The summed E-state index contributed by atoms with van der Waals surface area (Å²) in [5, 5.41) is 7.48. The third kappa shape index (κ3) is 2.64. The Labute approximate surface area is 148 Å². The van der Waals surface area contributed by atoms with Crippen LogP contribution in [0.2, 0.25) is 0 Å². The van der Waals surface area contributed by atoms with Crippen molar-refractivity contribution >= 4 is 16.8 Å². The first-order valence-electron chi connectivity index (χ1n) is 8.47. The van der Waals surface area contributed by atoms with E-state index in [0.29, 0.717) is 17.7 Å². The first kappa shape index (κ1) is 16.7. The molecule has 1 fully saturated rings. The van der Waals surface area contributed by atoms with Crippen LogP contribution in [0.3, 0.4) is 0 Å². The van der Waals surface area contributed by atoms with E-state index in [0.717, 1.165) is 17.6 Å². The number of halogens is 2. The summed E-state index contributed by atoms with van der Waals surface area (Å²) in [6.07, 6.45) is 1.23. The van der Waals surface area contributed by atoms with Gasteiger partial charge in [-0.1, -0.05) is 18.2 Å². The zero-order chi connectivity index (χ0) is 18.3. The van der Waals surface area contributed by atoms with Crippen LogP contribution in [-0.2, 0) is 5.67 Å². The number of amides is 1. The normalized spacial score (nSPS) is 20.4. The standard InChI is InChI=1S/C19H18F2N4O/c20-17-14-3-1-4-15(18(22)26)16(14)24-25(17)13-7-5-12(6-8-13)19(21)9-2-10-23-11-19/h1,3-8,23H,2,9-11H2,(H2,22,26)/t19-/m0/s1. The van der Waals surface area contributed by atoms with Gasteiger partial charge in [-0.2, -0.15) is 9.49 Å². The van der Waals surface area contributed by atoms with Gasteiger partial charge in [0.2, 0.25) is 5.95 Å². The molecule has 1 aliphatic rings. The molecule has 2 aromatic carbocycles. The van der Waals surface area contributed by atoms with Gasteiger partial charge in [0.25, 0.3) is 5.91 Å². The molecule has 0 spiro atoms. The second-order valence-electron chi connectivity index (χ2n) is 6.56. The lowest BCUT2D eigenvalue weighted by atomic mass is 9.88. The third-order valence-electron chi connectivity index (χ3n) is 4.87. The van der Waals surface area contributed by atoms with Crippen LogP contribution in [0.5, 0.6) is 0 Å². The van der Waals surface area contributed by atoms with Gasteiger partial charge in [-0.25, -0.2) is 9.07 Å². The Kier molecular flexibility index (Phi) is 3.96. The molecule has 3 aromatic rings. The van der Waals surface area contributed by atoms with E-state index in [1.54, 1.807) is 36.4 Å². The number of carbonyl (C=O) groups is 1. The number of primary amides is 1. The highest BCUT2D eigenvalue weighted by atomic mass is 19.1. The van der Waals surface area contributed by atoms with E-state index in [9.17, 15) is 9.18 Å². The molecule has 0 unspecified atom stereocenters. The van der Waals surface area contributed by atoms with E-state index in [1.807, 2.05) is 0 Å². The highest BCUT2D eigenvalue weighted by Gasteiger charge is 2.33. The number of nitrogens with one attached hydrogen (secondary N) is 1. The molecule has 5 nitrogen and oxygen atoms in total. The van der Waals surface area contributed by atoms with Crippen LogP contribution in [0.25, 0.3) is 16.6 Å². The molecule has 7 heteroatoms. The van der Waals surface area contributed by atoms with Crippen LogP contribution in [0, 0.1) is 5.95 Å². The minimum Gasteiger partial charge on any atom is -0.366 e. The molecule has 4 rings (SSSR count). The topological polar surface area (TPSA) is 72.9 Å². The summed E-state index contributed by atoms with van der Waals surface area (Å²) < 4.78 is 30.9. The van der Waals surface area contributed by atoms with Gasteiger partial charge in [0, 0.05) is 6.54 Å². The summed E-state index contributed by atoms with van der Waals surface area (Å²) in [7, 11) is 0.